The maximum absolute atomic E-state index is 13.1. The zero-order valence-electron chi connectivity index (χ0n) is 22.2. The molecular formula is C28H32F3N7O2S. The Balaban J connectivity index is 1.30. The van der Waals surface area contributed by atoms with Crippen LogP contribution in [0.2, 0.25) is 0 Å². The number of alkyl halides is 3. The fourth-order valence-corrected chi connectivity index (χ4v) is 6.65. The fourth-order valence-electron chi connectivity index (χ4n) is 5.20. The third-order valence-electron chi connectivity index (χ3n) is 7.52. The van der Waals surface area contributed by atoms with Crippen molar-refractivity contribution in [2.24, 2.45) is 0 Å². The van der Waals surface area contributed by atoms with E-state index in [4.69, 9.17) is 0 Å². The first kappa shape index (κ1) is 27.8. The molecule has 2 unspecified atom stereocenters. The molecule has 4 N–H and O–H groups in total. The van der Waals surface area contributed by atoms with Crippen LogP contribution in [0.1, 0.15) is 37.7 Å². The van der Waals surface area contributed by atoms with Gasteiger partial charge in [0.05, 0.1) is 5.56 Å². The summed E-state index contributed by atoms with van der Waals surface area (Å²) >= 11 is 0. The van der Waals surface area contributed by atoms with Crippen molar-refractivity contribution in [1.82, 2.24) is 25.2 Å². The lowest BCUT2D eigenvalue weighted by atomic mass is 10.1. The van der Waals surface area contributed by atoms with E-state index in [1.165, 1.54) is 24.6 Å². The molecule has 0 spiro atoms. The minimum atomic E-state index is -4.41. The standard InChI is InChI=1S/C28H32F3N7O2S/c29-28(30,31)19-6-8-20(9-7-19)33-25-22-12-17-37(18-13-23(22)34-27(35-25)38-15-2-1-3-16-38)26-24(5-4-14-32-26)41(39,40)36-21-10-11-21/h4-9,12-14,17-18,21,25,27,33-36H,1-3,10-11,15-16H2. The predicted octanol–water partition coefficient (Wildman–Crippen LogP) is 4.04. The second kappa shape index (κ2) is 11.1. The summed E-state index contributed by atoms with van der Waals surface area (Å²) < 4.78 is 68.3. The quantitative estimate of drug-likeness (QED) is 0.385. The molecule has 1 aliphatic carbocycles. The Hall–Kier alpha value is -3.39. The number of aromatic nitrogens is 1. The number of allylic oxidation sites excluding steroid dienone is 1. The summed E-state index contributed by atoms with van der Waals surface area (Å²) in [4.78, 5) is 8.44. The maximum atomic E-state index is 13.1. The highest BCUT2D eigenvalue weighted by atomic mass is 32.2. The van der Waals surface area contributed by atoms with Crippen LogP contribution in [-0.4, -0.2) is 49.9 Å². The number of sulfonamides is 1. The monoisotopic (exact) mass is 587 g/mol. The summed E-state index contributed by atoms with van der Waals surface area (Å²) in [6, 6.07) is 8.04. The molecule has 9 nitrogen and oxygen atoms in total. The highest BCUT2D eigenvalue weighted by Crippen LogP contribution is 2.32. The Morgan fingerprint density at radius 1 is 0.976 bits per heavy atom. The predicted molar refractivity (Wildman–Crippen MR) is 150 cm³/mol. The van der Waals surface area contributed by atoms with Gasteiger partial charge in [-0.2, -0.15) is 13.2 Å². The molecule has 1 saturated carbocycles. The van der Waals surface area contributed by atoms with Gasteiger partial charge in [-0.1, -0.05) is 6.42 Å². The van der Waals surface area contributed by atoms with Crippen molar-refractivity contribution in [3.05, 3.63) is 84.0 Å². The number of nitrogens with one attached hydrogen (secondary N) is 4. The number of likely N-dealkylation sites (tertiary alicyclic amines) is 1. The molecule has 218 valence electrons. The van der Waals surface area contributed by atoms with Crippen LogP contribution in [0.5, 0.6) is 0 Å². The van der Waals surface area contributed by atoms with E-state index in [-0.39, 0.29) is 23.0 Å². The molecule has 1 saturated heterocycles. The highest BCUT2D eigenvalue weighted by Gasteiger charge is 2.34. The molecule has 6 rings (SSSR count). The number of hydrogen-bond acceptors (Lipinski definition) is 8. The van der Waals surface area contributed by atoms with Crippen molar-refractivity contribution in [2.75, 3.05) is 23.3 Å². The smallest absolute Gasteiger partial charge is 0.366 e. The summed E-state index contributed by atoms with van der Waals surface area (Å²) in [6.07, 6.45) is 8.68. The molecule has 41 heavy (non-hydrogen) atoms. The van der Waals surface area contributed by atoms with Gasteiger partial charge in [0, 0.05) is 54.7 Å². The third kappa shape index (κ3) is 6.27. The van der Waals surface area contributed by atoms with Crippen molar-refractivity contribution >= 4 is 21.5 Å². The minimum absolute atomic E-state index is 0.0451. The van der Waals surface area contributed by atoms with Crippen LogP contribution in [0, 0.1) is 0 Å². The molecule has 2 aromatic rings. The van der Waals surface area contributed by atoms with Crippen molar-refractivity contribution in [3.63, 3.8) is 0 Å². The molecule has 1 aromatic carbocycles. The van der Waals surface area contributed by atoms with Crippen LogP contribution in [0.3, 0.4) is 0 Å². The molecule has 13 heteroatoms. The van der Waals surface area contributed by atoms with Crippen LogP contribution < -0.4 is 25.6 Å². The zero-order valence-corrected chi connectivity index (χ0v) is 23.0. The van der Waals surface area contributed by atoms with Crippen LogP contribution in [0.4, 0.5) is 24.7 Å². The van der Waals surface area contributed by atoms with Gasteiger partial charge >= 0.3 is 6.18 Å². The van der Waals surface area contributed by atoms with E-state index in [0.717, 1.165) is 62.2 Å². The zero-order chi connectivity index (χ0) is 28.6. The van der Waals surface area contributed by atoms with Gasteiger partial charge in [0.2, 0.25) is 10.0 Å². The van der Waals surface area contributed by atoms with Gasteiger partial charge < -0.3 is 15.5 Å². The van der Waals surface area contributed by atoms with E-state index in [9.17, 15) is 21.6 Å². The Morgan fingerprint density at radius 3 is 2.41 bits per heavy atom. The SMILES string of the molecule is O=S(=O)(NC1CC1)c1cccnc1N1C=CC2=C(C=C1)C(Nc1ccc(C(F)(F)F)cc1)NC(N1CCCCC1)N2. The Bertz CT molecular complexity index is 1460. The molecule has 1 aromatic heterocycles. The summed E-state index contributed by atoms with van der Waals surface area (Å²) in [6.45, 7) is 1.82. The van der Waals surface area contributed by atoms with Gasteiger partial charge in [-0.25, -0.2) is 18.1 Å². The maximum Gasteiger partial charge on any atom is 0.416 e. The van der Waals surface area contributed by atoms with Gasteiger partial charge in [-0.05, 0) is 74.2 Å². The van der Waals surface area contributed by atoms with Gasteiger partial charge in [0.1, 0.15) is 17.4 Å². The van der Waals surface area contributed by atoms with Gasteiger partial charge in [-0.3, -0.25) is 10.2 Å². The number of nitrogens with zero attached hydrogens (tertiary/aromatic N) is 3. The first-order valence-corrected chi connectivity index (χ1v) is 15.2. The van der Waals surface area contributed by atoms with Crippen LogP contribution in [0.15, 0.2) is 83.3 Å². The average Bonchev–Trinajstić information content (AvgIpc) is 3.79. The summed E-state index contributed by atoms with van der Waals surface area (Å²) in [5.74, 6) is 0.265. The van der Waals surface area contributed by atoms with Crippen molar-refractivity contribution in [3.8, 4) is 0 Å². The molecular weight excluding hydrogens is 555 g/mol. The second-order valence-electron chi connectivity index (χ2n) is 10.6. The summed E-state index contributed by atoms with van der Waals surface area (Å²) in [5.41, 5.74) is 1.44. The van der Waals surface area contributed by atoms with E-state index in [1.54, 1.807) is 29.6 Å². The first-order valence-electron chi connectivity index (χ1n) is 13.7. The lowest BCUT2D eigenvalue weighted by Crippen LogP contribution is -2.63. The van der Waals surface area contributed by atoms with Gasteiger partial charge in [0.15, 0.2) is 5.82 Å². The normalized spacial score (nSPS) is 23.6. The van der Waals surface area contributed by atoms with Crippen molar-refractivity contribution in [2.45, 2.75) is 61.7 Å². The van der Waals surface area contributed by atoms with Gasteiger partial charge in [-0.15, -0.1) is 0 Å². The number of benzene rings is 1. The van der Waals surface area contributed by atoms with Crippen LogP contribution in [0.25, 0.3) is 0 Å². The largest absolute Gasteiger partial charge is 0.416 e. The molecule has 4 heterocycles. The fraction of sp³-hybridized carbons (Fsp3) is 0.393. The second-order valence-corrected chi connectivity index (χ2v) is 12.3. The number of rotatable bonds is 7. The Kier molecular flexibility index (Phi) is 7.53. The molecule has 0 amide bonds. The van der Waals surface area contributed by atoms with E-state index >= 15 is 0 Å². The van der Waals surface area contributed by atoms with E-state index < -0.39 is 27.9 Å². The average molecular weight is 588 g/mol. The molecule has 0 bridgehead atoms. The van der Waals surface area contributed by atoms with E-state index in [0.29, 0.717) is 5.69 Å². The minimum Gasteiger partial charge on any atom is -0.366 e. The molecule has 4 aliphatic rings. The van der Waals surface area contributed by atoms with Crippen molar-refractivity contribution in [1.29, 1.82) is 0 Å². The Labute approximate surface area is 237 Å². The molecule has 3 aliphatic heterocycles. The molecule has 2 fully saturated rings. The Morgan fingerprint density at radius 2 is 1.71 bits per heavy atom. The number of pyridine rings is 1. The molecule has 0 radical (unpaired) electrons. The highest BCUT2D eigenvalue weighted by molar-refractivity contribution is 7.89. The number of anilines is 2. The van der Waals surface area contributed by atoms with Gasteiger partial charge in [0.25, 0.3) is 0 Å². The lowest BCUT2D eigenvalue weighted by Gasteiger charge is -2.42. The summed E-state index contributed by atoms with van der Waals surface area (Å²) in [5, 5.41) is 10.5. The van der Waals surface area contributed by atoms with E-state index in [2.05, 4.69) is 30.6 Å². The van der Waals surface area contributed by atoms with E-state index in [1.807, 2.05) is 12.2 Å². The topological polar surface area (TPSA) is 102 Å². The summed E-state index contributed by atoms with van der Waals surface area (Å²) in [7, 11) is -3.77. The van der Waals surface area contributed by atoms with Crippen molar-refractivity contribution < 1.29 is 21.6 Å². The lowest BCUT2D eigenvalue weighted by molar-refractivity contribution is -0.137. The van der Waals surface area contributed by atoms with Crippen LogP contribution in [-0.2, 0) is 16.2 Å². The molecule has 2 atom stereocenters. The number of hydrogen-bond donors (Lipinski definition) is 4. The first-order chi connectivity index (χ1) is 19.7. The number of halogens is 3. The third-order valence-corrected chi connectivity index (χ3v) is 9.06. The van der Waals surface area contributed by atoms with Crippen LogP contribution >= 0.6 is 0 Å². The number of piperidine rings is 1.